The Hall–Kier alpha value is -2.87. The van der Waals surface area contributed by atoms with E-state index in [0.29, 0.717) is 31.2 Å². The summed E-state index contributed by atoms with van der Waals surface area (Å²) in [6.45, 7) is 11.9. The molecular formula is C29H36ClN5O2. The SMILES string of the molecule is CC(=O)N1CCc2c(c(-c3ccc(Cl)cc3)nn2CC(O)CN2CCN(c3cc(C)ccc3C)CC2)C1. The molecule has 1 aromatic heterocycles. The van der Waals surface area contributed by atoms with Gasteiger partial charge in [0.05, 0.1) is 18.3 Å². The molecule has 1 unspecified atom stereocenters. The number of piperazine rings is 1. The summed E-state index contributed by atoms with van der Waals surface area (Å²) in [5.74, 6) is 0.0699. The molecule has 0 bridgehead atoms. The van der Waals surface area contributed by atoms with E-state index in [1.54, 1.807) is 6.92 Å². The lowest BCUT2D eigenvalue weighted by molar-refractivity contribution is -0.129. The van der Waals surface area contributed by atoms with Gasteiger partial charge >= 0.3 is 0 Å². The van der Waals surface area contributed by atoms with Crippen molar-refractivity contribution in [2.24, 2.45) is 0 Å². The van der Waals surface area contributed by atoms with Gasteiger partial charge in [0.2, 0.25) is 5.91 Å². The Bertz CT molecular complexity index is 1260. The molecule has 3 aromatic rings. The van der Waals surface area contributed by atoms with Crippen LogP contribution < -0.4 is 4.90 Å². The number of nitrogens with zero attached hydrogens (tertiary/aromatic N) is 5. The fourth-order valence-electron chi connectivity index (χ4n) is 5.54. The average molecular weight is 522 g/mol. The molecule has 3 heterocycles. The van der Waals surface area contributed by atoms with Crippen LogP contribution in [0.2, 0.25) is 5.02 Å². The zero-order valence-corrected chi connectivity index (χ0v) is 22.7. The number of anilines is 1. The molecule has 0 saturated carbocycles. The monoisotopic (exact) mass is 521 g/mol. The van der Waals surface area contributed by atoms with Crippen molar-refractivity contribution < 1.29 is 9.90 Å². The molecule has 2 aromatic carbocycles. The Morgan fingerprint density at radius 1 is 1.03 bits per heavy atom. The minimum Gasteiger partial charge on any atom is -0.390 e. The number of benzene rings is 2. The van der Waals surface area contributed by atoms with Crippen LogP contribution in [0.25, 0.3) is 11.3 Å². The highest BCUT2D eigenvalue weighted by molar-refractivity contribution is 6.30. The fraction of sp³-hybridized carbons (Fsp3) is 0.448. The van der Waals surface area contributed by atoms with Gasteiger partial charge in [-0.2, -0.15) is 5.10 Å². The third-order valence-corrected chi connectivity index (χ3v) is 7.88. The van der Waals surface area contributed by atoms with Gasteiger partial charge < -0.3 is 14.9 Å². The third kappa shape index (κ3) is 5.69. The van der Waals surface area contributed by atoms with Crippen molar-refractivity contribution in [3.05, 3.63) is 69.9 Å². The quantitative estimate of drug-likeness (QED) is 0.533. The lowest BCUT2D eigenvalue weighted by Gasteiger charge is -2.37. The van der Waals surface area contributed by atoms with E-state index < -0.39 is 6.10 Å². The van der Waals surface area contributed by atoms with E-state index in [1.807, 2.05) is 33.8 Å². The number of rotatable bonds is 6. The summed E-state index contributed by atoms with van der Waals surface area (Å²) in [7, 11) is 0. The molecule has 37 heavy (non-hydrogen) atoms. The van der Waals surface area contributed by atoms with Gasteiger partial charge in [-0.05, 0) is 43.2 Å². The molecule has 196 valence electrons. The van der Waals surface area contributed by atoms with Crippen molar-refractivity contribution >= 4 is 23.2 Å². The van der Waals surface area contributed by atoms with Crippen LogP contribution >= 0.6 is 11.6 Å². The molecular weight excluding hydrogens is 486 g/mol. The minimum atomic E-state index is -0.528. The number of aromatic nitrogens is 2. The molecule has 2 aliphatic heterocycles. The van der Waals surface area contributed by atoms with E-state index in [1.165, 1.54) is 16.8 Å². The lowest BCUT2D eigenvalue weighted by Crippen LogP contribution is -2.49. The summed E-state index contributed by atoms with van der Waals surface area (Å²) < 4.78 is 1.97. The number of hydrogen-bond acceptors (Lipinski definition) is 5. The molecule has 7 nitrogen and oxygen atoms in total. The van der Waals surface area contributed by atoms with Gasteiger partial charge in [0, 0.05) is 86.7 Å². The second-order valence-electron chi connectivity index (χ2n) is 10.4. The van der Waals surface area contributed by atoms with Crippen LogP contribution in [-0.4, -0.2) is 76.0 Å². The van der Waals surface area contributed by atoms with Crippen molar-refractivity contribution in [2.45, 2.75) is 46.4 Å². The van der Waals surface area contributed by atoms with E-state index in [2.05, 4.69) is 41.8 Å². The highest BCUT2D eigenvalue weighted by Gasteiger charge is 2.28. The summed E-state index contributed by atoms with van der Waals surface area (Å²) in [6.07, 6.45) is 0.205. The molecule has 8 heteroatoms. The van der Waals surface area contributed by atoms with E-state index in [9.17, 15) is 9.90 Å². The Kier molecular flexibility index (Phi) is 7.56. The van der Waals surface area contributed by atoms with Gasteiger partial charge in [0.15, 0.2) is 0 Å². The first-order valence-electron chi connectivity index (χ1n) is 13.1. The van der Waals surface area contributed by atoms with E-state index in [4.69, 9.17) is 16.7 Å². The molecule has 1 N–H and O–H groups in total. The molecule has 5 rings (SSSR count). The number of halogens is 1. The van der Waals surface area contributed by atoms with Gasteiger partial charge in [0.25, 0.3) is 0 Å². The smallest absolute Gasteiger partial charge is 0.219 e. The Morgan fingerprint density at radius 3 is 2.46 bits per heavy atom. The Morgan fingerprint density at radius 2 is 1.76 bits per heavy atom. The molecule has 1 amide bonds. The van der Waals surface area contributed by atoms with E-state index in [-0.39, 0.29) is 5.91 Å². The largest absolute Gasteiger partial charge is 0.390 e. The molecule has 1 saturated heterocycles. The van der Waals surface area contributed by atoms with Gasteiger partial charge in [-0.1, -0.05) is 35.9 Å². The average Bonchev–Trinajstić information content (AvgIpc) is 3.24. The number of carbonyl (C=O) groups is 1. The maximum atomic E-state index is 12.1. The van der Waals surface area contributed by atoms with Crippen molar-refractivity contribution in [3.8, 4) is 11.3 Å². The summed E-state index contributed by atoms with van der Waals surface area (Å²) in [5, 5.41) is 16.7. The van der Waals surface area contributed by atoms with Crippen LogP contribution in [0.5, 0.6) is 0 Å². The van der Waals surface area contributed by atoms with Gasteiger partial charge in [-0.25, -0.2) is 0 Å². The topological polar surface area (TPSA) is 64.8 Å². The second kappa shape index (κ2) is 10.9. The summed E-state index contributed by atoms with van der Waals surface area (Å²) in [5.41, 5.74) is 7.93. The fourth-order valence-corrected chi connectivity index (χ4v) is 5.66. The molecule has 0 radical (unpaired) electrons. The first kappa shape index (κ1) is 25.8. The summed E-state index contributed by atoms with van der Waals surface area (Å²) in [4.78, 5) is 18.7. The molecule has 2 aliphatic rings. The number of β-amino-alcohol motifs (C(OH)–C–C–N with tert-alkyl or cyclic N) is 1. The van der Waals surface area contributed by atoms with Crippen LogP contribution in [0.15, 0.2) is 42.5 Å². The number of fused-ring (bicyclic) bond motifs is 1. The number of aliphatic hydroxyl groups excluding tert-OH is 1. The number of hydrogen-bond donors (Lipinski definition) is 1. The number of aliphatic hydroxyl groups is 1. The second-order valence-corrected chi connectivity index (χ2v) is 10.8. The molecule has 0 spiro atoms. The Balaban J connectivity index is 1.27. The number of carbonyl (C=O) groups excluding carboxylic acids is 1. The normalized spacial score (nSPS) is 17.1. The summed E-state index contributed by atoms with van der Waals surface area (Å²) in [6, 6.07) is 14.3. The highest BCUT2D eigenvalue weighted by atomic mass is 35.5. The van der Waals surface area contributed by atoms with Crippen LogP contribution in [0.1, 0.15) is 29.3 Å². The van der Waals surface area contributed by atoms with Gasteiger partial charge in [-0.15, -0.1) is 0 Å². The molecule has 1 atom stereocenters. The maximum Gasteiger partial charge on any atom is 0.219 e. The van der Waals surface area contributed by atoms with Crippen molar-refractivity contribution in [2.75, 3.05) is 44.2 Å². The zero-order valence-electron chi connectivity index (χ0n) is 22.0. The van der Waals surface area contributed by atoms with Crippen molar-refractivity contribution in [1.29, 1.82) is 0 Å². The zero-order chi connectivity index (χ0) is 26.1. The molecule has 0 aliphatic carbocycles. The van der Waals surface area contributed by atoms with Crippen molar-refractivity contribution in [1.82, 2.24) is 19.6 Å². The Labute approximate surface area is 224 Å². The predicted molar refractivity (Wildman–Crippen MR) is 148 cm³/mol. The van der Waals surface area contributed by atoms with E-state index >= 15 is 0 Å². The van der Waals surface area contributed by atoms with Crippen LogP contribution in [-0.2, 0) is 24.3 Å². The predicted octanol–water partition coefficient (Wildman–Crippen LogP) is 3.91. The standard InChI is InChI=1S/C29H36ClN5O2/c1-20-4-5-21(2)28(16-20)33-14-12-32(13-15-33)17-25(37)18-35-27-10-11-34(22(3)36)19-26(27)29(31-35)23-6-8-24(30)9-7-23/h4-9,16,25,37H,10-15,17-19H2,1-3H3. The molecule has 1 fully saturated rings. The number of amides is 1. The summed E-state index contributed by atoms with van der Waals surface area (Å²) >= 11 is 6.11. The lowest BCUT2D eigenvalue weighted by atomic mass is 10.0. The first-order valence-corrected chi connectivity index (χ1v) is 13.5. The van der Waals surface area contributed by atoms with Gasteiger partial charge in [0.1, 0.15) is 0 Å². The van der Waals surface area contributed by atoms with Crippen molar-refractivity contribution in [3.63, 3.8) is 0 Å². The van der Waals surface area contributed by atoms with Crippen LogP contribution in [0.3, 0.4) is 0 Å². The van der Waals surface area contributed by atoms with Crippen LogP contribution in [0.4, 0.5) is 5.69 Å². The van der Waals surface area contributed by atoms with Crippen LogP contribution in [0, 0.1) is 13.8 Å². The maximum absolute atomic E-state index is 12.1. The van der Waals surface area contributed by atoms with Gasteiger partial charge in [-0.3, -0.25) is 14.4 Å². The van der Waals surface area contributed by atoms with E-state index in [0.717, 1.165) is 55.1 Å². The number of aryl methyl sites for hydroxylation is 2. The third-order valence-electron chi connectivity index (χ3n) is 7.63. The minimum absolute atomic E-state index is 0.0699. The first-order chi connectivity index (χ1) is 17.8. The highest BCUT2D eigenvalue weighted by Crippen LogP contribution is 2.31.